The second-order valence-electron chi connectivity index (χ2n) is 3.95. The molecular weight excluding hydrogens is 246 g/mol. The van der Waals surface area contributed by atoms with E-state index >= 15 is 0 Å². The van der Waals surface area contributed by atoms with Crippen LogP contribution in [0, 0.1) is 6.92 Å². The van der Waals surface area contributed by atoms with Gasteiger partial charge in [0.1, 0.15) is 12.4 Å². The van der Waals surface area contributed by atoms with Gasteiger partial charge in [-0.3, -0.25) is 0 Å². The number of ether oxygens (including phenoxy) is 1. The molecule has 96 valence electrons. The average Bonchev–Trinajstić information content (AvgIpc) is 2.71. The molecule has 0 N–H and O–H groups in total. The average molecular weight is 263 g/mol. The molecule has 0 unspecified atom stereocenters. The van der Waals surface area contributed by atoms with Gasteiger partial charge in [0, 0.05) is 7.05 Å². The third-order valence-electron chi connectivity index (χ3n) is 2.65. The van der Waals surface area contributed by atoms with Crippen LogP contribution in [0.2, 0.25) is 0 Å². The van der Waals surface area contributed by atoms with Crippen LogP contribution in [0.4, 0.5) is 0 Å². The minimum atomic E-state index is 0.443. The van der Waals surface area contributed by atoms with Gasteiger partial charge in [0.25, 0.3) is 0 Å². The van der Waals surface area contributed by atoms with Gasteiger partial charge >= 0.3 is 0 Å². The van der Waals surface area contributed by atoms with E-state index in [1.165, 1.54) is 0 Å². The molecule has 0 saturated carbocycles. The van der Waals surface area contributed by atoms with Crippen molar-refractivity contribution in [3.8, 4) is 5.75 Å². The van der Waals surface area contributed by atoms with Crippen molar-refractivity contribution in [2.24, 2.45) is 7.05 Å². The molecule has 0 radical (unpaired) electrons. The summed E-state index contributed by atoms with van der Waals surface area (Å²) in [6.45, 7) is 4.58. The third-order valence-corrected chi connectivity index (χ3v) is 3.55. The number of nitrogens with zero attached hydrogens (tertiary/aromatic N) is 3. The molecule has 0 aliphatic rings. The largest absolute Gasteiger partial charge is 0.485 e. The lowest BCUT2D eigenvalue weighted by molar-refractivity contribution is 0.288. The van der Waals surface area contributed by atoms with Gasteiger partial charge < -0.3 is 9.30 Å². The van der Waals surface area contributed by atoms with E-state index in [9.17, 15) is 0 Å². The van der Waals surface area contributed by atoms with Crippen LogP contribution < -0.4 is 4.74 Å². The molecular formula is C13H17N3OS. The van der Waals surface area contributed by atoms with Gasteiger partial charge in [-0.1, -0.05) is 36.9 Å². The van der Waals surface area contributed by atoms with Crippen molar-refractivity contribution in [2.75, 3.05) is 5.75 Å². The van der Waals surface area contributed by atoms with Crippen molar-refractivity contribution in [3.05, 3.63) is 35.7 Å². The van der Waals surface area contributed by atoms with Crippen LogP contribution in [0.25, 0.3) is 0 Å². The molecule has 0 aliphatic carbocycles. The summed E-state index contributed by atoms with van der Waals surface area (Å²) in [6, 6.07) is 7.97. The topological polar surface area (TPSA) is 39.9 Å². The fraction of sp³-hybridized carbons (Fsp3) is 0.385. The summed E-state index contributed by atoms with van der Waals surface area (Å²) in [5.74, 6) is 2.73. The standard InChI is InChI=1S/C13H17N3OS/c1-4-18-13-15-14-12(16(13)3)9-17-11-8-6-5-7-10(11)2/h5-8H,4,9H2,1-3H3. The number of aromatic nitrogens is 3. The molecule has 4 nitrogen and oxygen atoms in total. The Bertz CT molecular complexity index is 525. The zero-order valence-corrected chi connectivity index (χ0v) is 11.7. The lowest BCUT2D eigenvalue weighted by atomic mass is 10.2. The molecule has 1 heterocycles. The number of rotatable bonds is 5. The molecule has 18 heavy (non-hydrogen) atoms. The van der Waals surface area contributed by atoms with Gasteiger partial charge in [-0.05, 0) is 24.3 Å². The van der Waals surface area contributed by atoms with E-state index in [0.29, 0.717) is 6.61 Å². The Morgan fingerprint density at radius 2 is 2.06 bits per heavy atom. The van der Waals surface area contributed by atoms with Crippen molar-refractivity contribution in [1.82, 2.24) is 14.8 Å². The van der Waals surface area contributed by atoms with E-state index in [2.05, 4.69) is 17.1 Å². The van der Waals surface area contributed by atoms with Gasteiger partial charge in [0.15, 0.2) is 11.0 Å². The Labute approximate surface area is 111 Å². The summed E-state index contributed by atoms with van der Waals surface area (Å²) < 4.78 is 7.74. The van der Waals surface area contributed by atoms with Crippen LogP contribution in [0.1, 0.15) is 18.3 Å². The van der Waals surface area contributed by atoms with Gasteiger partial charge in [0.05, 0.1) is 0 Å². The van der Waals surface area contributed by atoms with Crippen LogP contribution in [0.15, 0.2) is 29.4 Å². The third kappa shape index (κ3) is 2.85. The van der Waals surface area contributed by atoms with Crippen LogP contribution >= 0.6 is 11.8 Å². The fourth-order valence-corrected chi connectivity index (χ4v) is 2.24. The number of aryl methyl sites for hydroxylation is 1. The van der Waals surface area contributed by atoms with E-state index in [1.54, 1.807) is 11.8 Å². The van der Waals surface area contributed by atoms with E-state index in [4.69, 9.17) is 4.74 Å². The summed E-state index contributed by atoms with van der Waals surface area (Å²) in [5.41, 5.74) is 1.13. The van der Waals surface area contributed by atoms with Crippen molar-refractivity contribution < 1.29 is 4.74 Å². The molecule has 0 amide bonds. The highest BCUT2D eigenvalue weighted by atomic mass is 32.2. The minimum absolute atomic E-state index is 0.443. The van der Waals surface area contributed by atoms with Crippen LogP contribution in [-0.4, -0.2) is 20.5 Å². The lowest BCUT2D eigenvalue weighted by Crippen LogP contribution is -2.04. The molecule has 0 aliphatic heterocycles. The summed E-state index contributed by atoms with van der Waals surface area (Å²) in [6.07, 6.45) is 0. The number of thioether (sulfide) groups is 1. The van der Waals surface area contributed by atoms with E-state index < -0.39 is 0 Å². The first-order valence-corrected chi connectivity index (χ1v) is 6.90. The second-order valence-corrected chi connectivity index (χ2v) is 5.18. The Morgan fingerprint density at radius 3 is 2.78 bits per heavy atom. The monoisotopic (exact) mass is 263 g/mol. The Balaban J connectivity index is 2.05. The van der Waals surface area contributed by atoms with Crippen LogP contribution in [-0.2, 0) is 13.7 Å². The van der Waals surface area contributed by atoms with E-state index in [1.807, 2.05) is 42.8 Å². The van der Waals surface area contributed by atoms with Gasteiger partial charge in [0.2, 0.25) is 0 Å². The maximum absolute atomic E-state index is 5.76. The zero-order chi connectivity index (χ0) is 13.0. The Kier molecular flexibility index (Phi) is 4.25. The number of hydrogen-bond donors (Lipinski definition) is 0. The maximum Gasteiger partial charge on any atom is 0.191 e. The molecule has 5 heteroatoms. The van der Waals surface area contributed by atoms with Crippen molar-refractivity contribution in [2.45, 2.75) is 25.6 Å². The molecule has 0 fully saturated rings. The van der Waals surface area contributed by atoms with Crippen molar-refractivity contribution >= 4 is 11.8 Å². The Morgan fingerprint density at radius 1 is 1.28 bits per heavy atom. The summed E-state index contributed by atoms with van der Waals surface area (Å²) >= 11 is 1.68. The highest BCUT2D eigenvalue weighted by Gasteiger charge is 2.09. The first-order chi connectivity index (χ1) is 8.72. The molecule has 2 aromatic rings. The Hall–Kier alpha value is -1.49. The molecule has 0 spiro atoms. The SMILES string of the molecule is CCSc1nnc(COc2ccccc2C)n1C. The molecule has 2 rings (SSSR count). The summed E-state index contributed by atoms with van der Waals surface area (Å²) in [7, 11) is 1.97. The highest BCUT2D eigenvalue weighted by molar-refractivity contribution is 7.99. The first kappa shape index (κ1) is 13.0. The molecule has 1 aromatic carbocycles. The number of hydrogen-bond acceptors (Lipinski definition) is 4. The molecule has 0 saturated heterocycles. The highest BCUT2D eigenvalue weighted by Crippen LogP contribution is 2.19. The van der Waals surface area contributed by atoms with E-state index in [0.717, 1.165) is 28.0 Å². The molecule has 0 atom stereocenters. The lowest BCUT2D eigenvalue weighted by Gasteiger charge is -2.08. The van der Waals surface area contributed by atoms with Crippen LogP contribution in [0.3, 0.4) is 0 Å². The predicted molar refractivity (Wildman–Crippen MR) is 72.9 cm³/mol. The van der Waals surface area contributed by atoms with Crippen molar-refractivity contribution in [1.29, 1.82) is 0 Å². The number of para-hydroxylation sites is 1. The molecule has 1 aromatic heterocycles. The van der Waals surface area contributed by atoms with Gasteiger partial charge in [-0.25, -0.2) is 0 Å². The zero-order valence-electron chi connectivity index (χ0n) is 10.9. The van der Waals surface area contributed by atoms with Gasteiger partial charge in [-0.15, -0.1) is 10.2 Å². The van der Waals surface area contributed by atoms with Crippen LogP contribution in [0.5, 0.6) is 5.75 Å². The second kappa shape index (κ2) is 5.91. The quantitative estimate of drug-likeness (QED) is 0.778. The summed E-state index contributed by atoms with van der Waals surface area (Å²) in [5, 5.41) is 9.21. The minimum Gasteiger partial charge on any atom is -0.485 e. The smallest absolute Gasteiger partial charge is 0.191 e. The van der Waals surface area contributed by atoms with Gasteiger partial charge in [-0.2, -0.15) is 0 Å². The number of benzene rings is 1. The fourth-order valence-electron chi connectivity index (χ4n) is 1.59. The molecule has 0 bridgehead atoms. The van der Waals surface area contributed by atoms with E-state index in [-0.39, 0.29) is 0 Å². The van der Waals surface area contributed by atoms with Crippen molar-refractivity contribution in [3.63, 3.8) is 0 Å². The normalized spacial score (nSPS) is 10.6. The first-order valence-electron chi connectivity index (χ1n) is 5.92. The maximum atomic E-state index is 5.76. The predicted octanol–water partition coefficient (Wildman–Crippen LogP) is 2.81. The summed E-state index contributed by atoms with van der Waals surface area (Å²) in [4.78, 5) is 0.